The fourth-order valence-corrected chi connectivity index (χ4v) is 2.05. The molecule has 0 atom stereocenters. The molecule has 7 nitrogen and oxygen atoms in total. The lowest BCUT2D eigenvalue weighted by molar-refractivity contribution is -0.384. The van der Waals surface area contributed by atoms with Gasteiger partial charge < -0.3 is 10.6 Å². The van der Waals surface area contributed by atoms with Crippen molar-refractivity contribution in [2.75, 3.05) is 18.4 Å². The summed E-state index contributed by atoms with van der Waals surface area (Å²) in [6.07, 6.45) is 2.48. The SMILES string of the molecule is CC(C)c1nn(C)c(NCCNC2CC2)c1[N+](=O)[O-]. The highest BCUT2D eigenvalue weighted by atomic mass is 16.6. The summed E-state index contributed by atoms with van der Waals surface area (Å²) in [7, 11) is 1.73. The van der Waals surface area contributed by atoms with Gasteiger partial charge in [0.25, 0.3) is 0 Å². The zero-order valence-corrected chi connectivity index (χ0v) is 11.6. The van der Waals surface area contributed by atoms with Crippen LogP contribution < -0.4 is 10.6 Å². The normalized spacial score (nSPS) is 14.9. The van der Waals surface area contributed by atoms with Gasteiger partial charge in [0.2, 0.25) is 5.82 Å². The maximum absolute atomic E-state index is 11.2. The number of aryl methyl sites for hydroxylation is 1. The van der Waals surface area contributed by atoms with Gasteiger partial charge in [0.1, 0.15) is 5.69 Å². The lowest BCUT2D eigenvalue weighted by Gasteiger charge is -2.06. The summed E-state index contributed by atoms with van der Waals surface area (Å²) in [5, 5.41) is 21.9. The Morgan fingerprint density at radius 2 is 2.16 bits per heavy atom. The molecule has 1 saturated carbocycles. The highest BCUT2D eigenvalue weighted by molar-refractivity contribution is 5.60. The third-order valence-electron chi connectivity index (χ3n) is 3.21. The molecule has 1 heterocycles. The first-order valence-electron chi connectivity index (χ1n) is 6.69. The van der Waals surface area contributed by atoms with Crippen LogP contribution in [0.1, 0.15) is 38.3 Å². The van der Waals surface area contributed by atoms with Crippen molar-refractivity contribution in [3.8, 4) is 0 Å². The monoisotopic (exact) mass is 267 g/mol. The molecule has 1 aliphatic rings. The smallest absolute Gasteiger partial charge is 0.334 e. The van der Waals surface area contributed by atoms with Crippen LogP contribution in [0.5, 0.6) is 0 Å². The van der Waals surface area contributed by atoms with Crippen LogP contribution >= 0.6 is 0 Å². The van der Waals surface area contributed by atoms with Crippen molar-refractivity contribution in [2.24, 2.45) is 7.05 Å². The summed E-state index contributed by atoms with van der Waals surface area (Å²) in [6, 6.07) is 0.648. The van der Waals surface area contributed by atoms with Gasteiger partial charge in [-0.05, 0) is 12.8 Å². The average molecular weight is 267 g/mol. The van der Waals surface area contributed by atoms with Crippen molar-refractivity contribution in [2.45, 2.75) is 38.6 Å². The lowest BCUT2D eigenvalue weighted by atomic mass is 10.1. The van der Waals surface area contributed by atoms with E-state index in [-0.39, 0.29) is 16.5 Å². The summed E-state index contributed by atoms with van der Waals surface area (Å²) in [4.78, 5) is 10.9. The molecule has 0 amide bonds. The predicted molar refractivity (Wildman–Crippen MR) is 73.5 cm³/mol. The van der Waals surface area contributed by atoms with Crippen LogP contribution in [-0.2, 0) is 7.05 Å². The Morgan fingerprint density at radius 3 is 2.68 bits per heavy atom. The largest absolute Gasteiger partial charge is 0.363 e. The summed E-state index contributed by atoms with van der Waals surface area (Å²) in [5.41, 5.74) is 0.633. The quantitative estimate of drug-likeness (QED) is 0.445. The summed E-state index contributed by atoms with van der Waals surface area (Å²) < 4.78 is 1.56. The van der Waals surface area contributed by atoms with Crippen molar-refractivity contribution in [1.82, 2.24) is 15.1 Å². The molecule has 0 radical (unpaired) electrons. The van der Waals surface area contributed by atoms with Gasteiger partial charge in [0, 0.05) is 32.1 Å². The van der Waals surface area contributed by atoms with Crippen LogP contribution in [0, 0.1) is 10.1 Å². The van der Waals surface area contributed by atoms with E-state index in [0.29, 0.717) is 24.1 Å². The van der Waals surface area contributed by atoms with Gasteiger partial charge in [-0.1, -0.05) is 13.8 Å². The molecular formula is C12H21N5O2. The minimum Gasteiger partial charge on any atom is -0.363 e. The van der Waals surface area contributed by atoms with Crippen molar-refractivity contribution in [3.63, 3.8) is 0 Å². The lowest BCUT2D eigenvalue weighted by Crippen LogP contribution is -2.24. The Bertz CT molecular complexity index is 465. The molecule has 0 aromatic carbocycles. The van der Waals surface area contributed by atoms with Crippen LogP contribution in [0.25, 0.3) is 0 Å². The van der Waals surface area contributed by atoms with E-state index in [4.69, 9.17) is 0 Å². The maximum Gasteiger partial charge on any atom is 0.334 e. The Balaban J connectivity index is 2.06. The standard InChI is InChI=1S/C12H21N5O2/c1-8(2)10-11(17(18)19)12(16(3)15-10)14-7-6-13-9-4-5-9/h8-9,13-14H,4-7H2,1-3H3. The van der Waals surface area contributed by atoms with Crippen molar-refractivity contribution >= 4 is 11.5 Å². The zero-order chi connectivity index (χ0) is 14.0. The first-order chi connectivity index (χ1) is 9.00. The van der Waals surface area contributed by atoms with E-state index in [2.05, 4.69) is 15.7 Å². The predicted octanol–water partition coefficient (Wildman–Crippen LogP) is 1.62. The van der Waals surface area contributed by atoms with Crippen molar-refractivity contribution in [1.29, 1.82) is 0 Å². The highest BCUT2D eigenvalue weighted by Crippen LogP contribution is 2.32. The zero-order valence-electron chi connectivity index (χ0n) is 11.6. The second-order valence-corrected chi connectivity index (χ2v) is 5.27. The fraction of sp³-hybridized carbons (Fsp3) is 0.750. The van der Waals surface area contributed by atoms with E-state index in [1.807, 2.05) is 13.8 Å². The molecule has 19 heavy (non-hydrogen) atoms. The number of nitro groups is 1. The number of rotatable bonds is 7. The minimum atomic E-state index is -0.348. The van der Waals surface area contributed by atoms with Gasteiger partial charge in [-0.3, -0.25) is 10.1 Å². The Hall–Kier alpha value is -1.63. The Morgan fingerprint density at radius 1 is 1.47 bits per heavy atom. The molecule has 0 aliphatic heterocycles. The molecule has 2 rings (SSSR count). The molecule has 0 bridgehead atoms. The van der Waals surface area contributed by atoms with Crippen LogP contribution in [0.15, 0.2) is 0 Å². The molecular weight excluding hydrogens is 246 g/mol. The summed E-state index contributed by atoms with van der Waals surface area (Å²) in [6.45, 7) is 5.29. The van der Waals surface area contributed by atoms with Crippen LogP contribution in [-0.4, -0.2) is 33.8 Å². The number of aromatic nitrogens is 2. The van der Waals surface area contributed by atoms with E-state index in [1.165, 1.54) is 12.8 Å². The van der Waals surface area contributed by atoms with Crippen molar-refractivity contribution in [3.05, 3.63) is 15.8 Å². The molecule has 7 heteroatoms. The molecule has 1 aromatic rings. The number of nitrogens with one attached hydrogen (secondary N) is 2. The van der Waals surface area contributed by atoms with Crippen LogP contribution in [0.3, 0.4) is 0 Å². The summed E-state index contributed by atoms with van der Waals surface area (Å²) >= 11 is 0. The van der Waals surface area contributed by atoms with Gasteiger partial charge >= 0.3 is 5.69 Å². The van der Waals surface area contributed by atoms with Gasteiger partial charge in [0.05, 0.1) is 4.92 Å². The molecule has 1 aliphatic carbocycles. The number of nitrogens with zero attached hydrogens (tertiary/aromatic N) is 3. The molecule has 1 aromatic heterocycles. The molecule has 2 N–H and O–H groups in total. The number of hydrogen-bond acceptors (Lipinski definition) is 5. The van der Waals surface area contributed by atoms with E-state index in [0.717, 1.165) is 6.54 Å². The Labute approximate surface area is 112 Å². The second kappa shape index (κ2) is 5.56. The van der Waals surface area contributed by atoms with Gasteiger partial charge in [-0.15, -0.1) is 0 Å². The van der Waals surface area contributed by atoms with E-state index >= 15 is 0 Å². The third-order valence-corrected chi connectivity index (χ3v) is 3.21. The molecule has 106 valence electrons. The minimum absolute atomic E-state index is 0.0340. The van der Waals surface area contributed by atoms with Gasteiger partial charge in [-0.2, -0.15) is 5.10 Å². The number of hydrogen-bond donors (Lipinski definition) is 2. The second-order valence-electron chi connectivity index (χ2n) is 5.27. The third kappa shape index (κ3) is 3.23. The van der Waals surface area contributed by atoms with E-state index in [9.17, 15) is 10.1 Å². The van der Waals surface area contributed by atoms with Gasteiger partial charge in [-0.25, -0.2) is 4.68 Å². The molecule has 0 unspecified atom stereocenters. The molecule has 0 saturated heterocycles. The number of anilines is 1. The first kappa shape index (κ1) is 13.8. The van der Waals surface area contributed by atoms with Gasteiger partial charge in [0.15, 0.2) is 0 Å². The molecule has 1 fully saturated rings. The topological polar surface area (TPSA) is 85.0 Å². The van der Waals surface area contributed by atoms with Crippen LogP contribution in [0.4, 0.5) is 11.5 Å². The molecule has 0 spiro atoms. The van der Waals surface area contributed by atoms with Crippen molar-refractivity contribution < 1.29 is 4.92 Å². The maximum atomic E-state index is 11.2. The average Bonchev–Trinajstić information content (AvgIpc) is 3.08. The van der Waals surface area contributed by atoms with Crippen LogP contribution in [0.2, 0.25) is 0 Å². The fourth-order valence-electron chi connectivity index (χ4n) is 2.05. The highest BCUT2D eigenvalue weighted by Gasteiger charge is 2.28. The first-order valence-corrected chi connectivity index (χ1v) is 6.69. The summed E-state index contributed by atoms with van der Waals surface area (Å²) in [5.74, 6) is 0.526. The van der Waals surface area contributed by atoms with E-state index in [1.54, 1.807) is 11.7 Å². The Kier molecular flexibility index (Phi) is 4.04. The van der Waals surface area contributed by atoms with E-state index < -0.39 is 0 Å².